The van der Waals surface area contributed by atoms with Crippen molar-refractivity contribution in [2.24, 2.45) is 5.92 Å². The molecule has 0 bridgehead atoms. The summed E-state index contributed by atoms with van der Waals surface area (Å²) in [6.45, 7) is 6.23. The van der Waals surface area contributed by atoms with Crippen LogP contribution in [0.25, 0.3) is 0 Å². The molecule has 1 unspecified atom stereocenters. The molecule has 0 heterocycles. The maximum Gasteiger partial charge on any atom is 0.0166 e. The largest absolute Gasteiger partial charge is 0.0892 e. The van der Waals surface area contributed by atoms with E-state index in [0.717, 1.165) is 11.5 Å². The standard InChI is InChI=1S/C7H13Cl/c1-4-6(3)7(8)5-2/h5-6H,4H2,1-3H3/b7-5-. The lowest BCUT2D eigenvalue weighted by atomic mass is 10.1. The lowest BCUT2D eigenvalue weighted by Crippen LogP contribution is -1.89. The zero-order chi connectivity index (χ0) is 6.57. The zero-order valence-electron chi connectivity index (χ0n) is 5.74. The summed E-state index contributed by atoms with van der Waals surface area (Å²) in [6, 6.07) is 0. The van der Waals surface area contributed by atoms with E-state index in [1.165, 1.54) is 0 Å². The SMILES string of the molecule is C/C=C(\Cl)C(C)CC. The van der Waals surface area contributed by atoms with Gasteiger partial charge in [-0.1, -0.05) is 31.5 Å². The van der Waals surface area contributed by atoms with Gasteiger partial charge in [-0.3, -0.25) is 0 Å². The maximum absolute atomic E-state index is 5.78. The molecule has 0 amide bonds. The summed E-state index contributed by atoms with van der Waals surface area (Å²) >= 11 is 5.78. The Labute approximate surface area is 56.5 Å². The molecule has 0 N–H and O–H groups in total. The van der Waals surface area contributed by atoms with Crippen molar-refractivity contribution in [2.75, 3.05) is 0 Å². The van der Waals surface area contributed by atoms with E-state index in [9.17, 15) is 0 Å². The first-order valence-electron chi connectivity index (χ1n) is 3.04. The van der Waals surface area contributed by atoms with Gasteiger partial charge in [-0.2, -0.15) is 0 Å². The minimum atomic E-state index is 0.543. The van der Waals surface area contributed by atoms with Gasteiger partial charge >= 0.3 is 0 Å². The summed E-state index contributed by atoms with van der Waals surface area (Å²) < 4.78 is 0. The minimum Gasteiger partial charge on any atom is -0.0892 e. The number of halogens is 1. The van der Waals surface area contributed by atoms with Crippen molar-refractivity contribution >= 4 is 11.6 Å². The van der Waals surface area contributed by atoms with Crippen molar-refractivity contribution in [3.63, 3.8) is 0 Å². The third kappa shape index (κ3) is 2.37. The Hall–Kier alpha value is 0.0300. The van der Waals surface area contributed by atoms with Gasteiger partial charge in [-0.05, 0) is 19.3 Å². The Morgan fingerprint density at radius 2 is 2.25 bits per heavy atom. The van der Waals surface area contributed by atoms with Crippen molar-refractivity contribution in [1.29, 1.82) is 0 Å². The Kier molecular flexibility index (Phi) is 3.98. The van der Waals surface area contributed by atoms with Crippen LogP contribution in [0.15, 0.2) is 11.1 Å². The molecule has 0 fully saturated rings. The molecule has 8 heavy (non-hydrogen) atoms. The van der Waals surface area contributed by atoms with Crippen LogP contribution < -0.4 is 0 Å². The van der Waals surface area contributed by atoms with Crippen molar-refractivity contribution < 1.29 is 0 Å². The van der Waals surface area contributed by atoms with Crippen LogP contribution in [0.4, 0.5) is 0 Å². The van der Waals surface area contributed by atoms with Crippen LogP contribution in [0.5, 0.6) is 0 Å². The highest BCUT2D eigenvalue weighted by molar-refractivity contribution is 6.29. The van der Waals surface area contributed by atoms with Crippen LogP contribution >= 0.6 is 11.6 Å². The van der Waals surface area contributed by atoms with Gasteiger partial charge < -0.3 is 0 Å². The molecule has 0 aromatic rings. The van der Waals surface area contributed by atoms with E-state index in [1.807, 2.05) is 13.0 Å². The quantitative estimate of drug-likeness (QED) is 0.542. The number of hydrogen-bond donors (Lipinski definition) is 0. The monoisotopic (exact) mass is 132 g/mol. The summed E-state index contributed by atoms with van der Waals surface area (Å²) in [4.78, 5) is 0. The highest BCUT2D eigenvalue weighted by Gasteiger charge is 1.99. The third-order valence-corrected chi connectivity index (χ3v) is 1.95. The fourth-order valence-corrected chi connectivity index (χ4v) is 0.634. The summed E-state index contributed by atoms with van der Waals surface area (Å²) in [6.07, 6.45) is 3.08. The molecule has 0 rings (SSSR count). The third-order valence-electron chi connectivity index (χ3n) is 1.36. The van der Waals surface area contributed by atoms with Gasteiger partial charge in [0.15, 0.2) is 0 Å². The highest BCUT2D eigenvalue weighted by Crippen LogP contribution is 2.16. The molecule has 0 saturated carbocycles. The van der Waals surface area contributed by atoms with Gasteiger partial charge in [0.25, 0.3) is 0 Å². The first kappa shape index (κ1) is 8.03. The molecule has 0 aliphatic heterocycles. The smallest absolute Gasteiger partial charge is 0.0166 e. The molecule has 0 aliphatic carbocycles. The van der Waals surface area contributed by atoms with E-state index in [2.05, 4.69) is 13.8 Å². The van der Waals surface area contributed by atoms with Crippen LogP contribution in [0, 0.1) is 5.92 Å². The molecule has 0 spiro atoms. The Morgan fingerprint density at radius 1 is 1.75 bits per heavy atom. The predicted octanol–water partition coefficient (Wildman–Crippen LogP) is 3.18. The van der Waals surface area contributed by atoms with Crippen LogP contribution in [0.1, 0.15) is 27.2 Å². The van der Waals surface area contributed by atoms with Crippen LogP contribution in [-0.4, -0.2) is 0 Å². The van der Waals surface area contributed by atoms with Crippen molar-refractivity contribution in [1.82, 2.24) is 0 Å². The maximum atomic E-state index is 5.78. The fourth-order valence-electron chi connectivity index (χ4n) is 0.480. The highest BCUT2D eigenvalue weighted by atomic mass is 35.5. The topological polar surface area (TPSA) is 0 Å². The number of allylic oxidation sites excluding steroid dienone is 2. The minimum absolute atomic E-state index is 0.543. The Morgan fingerprint density at radius 3 is 2.38 bits per heavy atom. The first-order chi connectivity index (χ1) is 3.72. The molecule has 0 aliphatic rings. The average molecular weight is 133 g/mol. The average Bonchev–Trinajstić information content (AvgIpc) is 1.84. The second-order valence-electron chi connectivity index (χ2n) is 1.98. The molecular weight excluding hydrogens is 120 g/mol. The van der Waals surface area contributed by atoms with Crippen LogP contribution in [0.3, 0.4) is 0 Å². The normalized spacial score (nSPS) is 16.2. The van der Waals surface area contributed by atoms with E-state index in [-0.39, 0.29) is 0 Å². The van der Waals surface area contributed by atoms with Gasteiger partial charge in [0.05, 0.1) is 0 Å². The first-order valence-corrected chi connectivity index (χ1v) is 3.41. The van der Waals surface area contributed by atoms with Gasteiger partial charge in [-0.25, -0.2) is 0 Å². The van der Waals surface area contributed by atoms with Crippen LogP contribution in [0.2, 0.25) is 0 Å². The molecule has 0 saturated heterocycles. The van der Waals surface area contributed by atoms with Gasteiger partial charge in [0, 0.05) is 5.03 Å². The predicted molar refractivity (Wildman–Crippen MR) is 39.1 cm³/mol. The number of rotatable bonds is 2. The summed E-state index contributed by atoms with van der Waals surface area (Å²) in [5.41, 5.74) is 0. The Bertz CT molecular complexity index is 84.4. The molecule has 48 valence electrons. The van der Waals surface area contributed by atoms with E-state index >= 15 is 0 Å². The molecule has 0 nitrogen and oxygen atoms in total. The lowest BCUT2D eigenvalue weighted by molar-refractivity contribution is 0.684. The summed E-state index contributed by atoms with van der Waals surface area (Å²) in [5.74, 6) is 0.543. The Balaban J connectivity index is 3.63. The van der Waals surface area contributed by atoms with Gasteiger partial charge in [-0.15, -0.1) is 0 Å². The molecule has 1 atom stereocenters. The molecule has 1 heteroatoms. The summed E-state index contributed by atoms with van der Waals surface area (Å²) in [5, 5.41) is 0.979. The van der Waals surface area contributed by atoms with E-state index in [1.54, 1.807) is 0 Å². The van der Waals surface area contributed by atoms with Crippen molar-refractivity contribution in [3.05, 3.63) is 11.1 Å². The zero-order valence-corrected chi connectivity index (χ0v) is 6.50. The van der Waals surface area contributed by atoms with E-state index in [4.69, 9.17) is 11.6 Å². The van der Waals surface area contributed by atoms with Gasteiger partial charge in [0.1, 0.15) is 0 Å². The second kappa shape index (κ2) is 3.96. The van der Waals surface area contributed by atoms with E-state index < -0.39 is 0 Å². The molecule has 0 aromatic heterocycles. The fraction of sp³-hybridized carbons (Fsp3) is 0.714. The van der Waals surface area contributed by atoms with Crippen molar-refractivity contribution in [3.8, 4) is 0 Å². The molecule has 0 radical (unpaired) electrons. The summed E-state index contributed by atoms with van der Waals surface area (Å²) in [7, 11) is 0. The molecular formula is C7H13Cl. The second-order valence-corrected chi connectivity index (χ2v) is 2.42. The molecule has 0 aromatic carbocycles. The van der Waals surface area contributed by atoms with E-state index in [0.29, 0.717) is 5.92 Å². The number of hydrogen-bond acceptors (Lipinski definition) is 0. The van der Waals surface area contributed by atoms with Crippen molar-refractivity contribution in [2.45, 2.75) is 27.2 Å². The lowest BCUT2D eigenvalue weighted by Gasteiger charge is -2.03. The van der Waals surface area contributed by atoms with Crippen LogP contribution in [-0.2, 0) is 0 Å². The van der Waals surface area contributed by atoms with Gasteiger partial charge in [0.2, 0.25) is 0 Å².